The summed E-state index contributed by atoms with van der Waals surface area (Å²) in [7, 11) is 0. The molecule has 0 aliphatic heterocycles. The molecule has 0 saturated heterocycles. The van der Waals surface area contributed by atoms with E-state index in [4.69, 9.17) is 0 Å². The number of H-pyrrole nitrogens is 2. The molecule has 32 heavy (non-hydrogen) atoms. The molecule has 164 valence electrons. The molecule has 0 radical (unpaired) electrons. The Morgan fingerprint density at radius 3 is 2.88 bits per heavy atom. The van der Waals surface area contributed by atoms with Gasteiger partial charge in [0.05, 0.1) is 18.3 Å². The first-order chi connectivity index (χ1) is 15.4. The zero-order chi connectivity index (χ0) is 22.4. The number of nitrogens with one attached hydrogen (secondary N) is 3. The molecule has 0 spiro atoms. The highest BCUT2D eigenvalue weighted by Gasteiger charge is 2.21. The molecule has 4 aromatic rings. The summed E-state index contributed by atoms with van der Waals surface area (Å²) in [5.74, 6) is -0.328. The summed E-state index contributed by atoms with van der Waals surface area (Å²) in [5.41, 5.74) is 1.94. The molecule has 1 aliphatic carbocycles. The van der Waals surface area contributed by atoms with Gasteiger partial charge in [-0.25, -0.2) is 14.2 Å². The summed E-state index contributed by atoms with van der Waals surface area (Å²) >= 11 is 0. The molecule has 1 atom stereocenters. The van der Waals surface area contributed by atoms with E-state index in [0.29, 0.717) is 22.0 Å². The maximum atomic E-state index is 14.4. The van der Waals surface area contributed by atoms with E-state index in [-0.39, 0.29) is 29.4 Å². The Hall–Kier alpha value is -4.02. The minimum atomic E-state index is -0.527. The van der Waals surface area contributed by atoms with E-state index in [1.807, 2.05) is 13.8 Å². The number of hydrogen-bond donors (Lipinski definition) is 4. The maximum Gasteiger partial charge on any atom is 0.326 e. The predicted molar refractivity (Wildman–Crippen MR) is 114 cm³/mol. The molecule has 1 saturated carbocycles. The van der Waals surface area contributed by atoms with Crippen LogP contribution in [-0.2, 0) is 0 Å². The van der Waals surface area contributed by atoms with Gasteiger partial charge >= 0.3 is 5.69 Å². The van der Waals surface area contributed by atoms with Crippen molar-refractivity contribution >= 4 is 17.7 Å². The van der Waals surface area contributed by atoms with Crippen LogP contribution in [0.1, 0.15) is 42.6 Å². The number of rotatable bonds is 5. The standard InChI is InChI=1S/C21H21FN8O2/c1-10-3-6-15(22)14(7-10)11(2)24-19-27-17-12(8-16-18(31)28-21(32)26-16)9-23-30(17)20(29-19)25-13-4-5-13/h3,6-9,11,13,31H,4-5H2,1-2H3,(H,24,25,29)(H2,26,28,32)/b12-8-/t11-/m1/s1. The number of anilines is 1. The van der Waals surface area contributed by atoms with Crippen molar-refractivity contribution in [1.29, 1.82) is 0 Å². The lowest BCUT2D eigenvalue weighted by Crippen LogP contribution is -2.25. The number of imidazole rings is 1. The molecule has 1 aromatic carbocycles. The molecule has 0 unspecified atom stereocenters. The first-order valence-corrected chi connectivity index (χ1v) is 10.2. The minimum Gasteiger partial charge on any atom is -0.493 e. The number of aromatic nitrogens is 6. The molecule has 10 nitrogen and oxygen atoms in total. The van der Waals surface area contributed by atoms with Crippen molar-refractivity contribution in [2.45, 2.75) is 38.8 Å². The summed E-state index contributed by atoms with van der Waals surface area (Å²) < 4.78 is 15.9. The first-order valence-electron chi connectivity index (χ1n) is 10.2. The highest BCUT2D eigenvalue weighted by atomic mass is 19.1. The number of nitrogens with zero attached hydrogens (tertiary/aromatic N) is 5. The van der Waals surface area contributed by atoms with Crippen LogP contribution in [0.5, 0.6) is 5.88 Å². The average Bonchev–Trinajstić information content (AvgIpc) is 3.38. The van der Waals surface area contributed by atoms with Gasteiger partial charge in [0, 0.05) is 10.8 Å². The van der Waals surface area contributed by atoms with Gasteiger partial charge < -0.3 is 15.4 Å². The number of fused-ring (bicyclic) bond motifs is 1. The molecule has 4 N–H and O–H groups in total. The lowest BCUT2D eigenvalue weighted by atomic mass is 10.1. The zero-order valence-electron chi connectivity index (χ0n) is 17.4. The molecule has 0 bridgehead atoms. The van der Waals surface area contributed by atoms with Gasteiger partial charge in [-0.2, -0.15) is 19.6 Å². The van der Waals surface area contributed by atoms with E-state index in [1.165, 1.54) is 10.6 Å². The number of halogens is 1. The van der Waals surface area contributed by atoms with Crippen molar-refractivity contribution in [3.8, 4) is 5.88 Å². The topological polar surface area (TPSA) is 136 Å². The Bertz CT molecular complexity index is 1500. The van der Waals surface area contributed by atoms with Crippen LogP contribution >= 0.6 is 0 Å². The zero-order valence-corrected chi connectivity index (χ0v) is 17.4. The lowest BCUT2D eigenvalue weighted by Gasteiger charge is -2.15. The summed E-state index contributed by atoms with van der Waals surface area (Å²) in [6.07, 6.45) is 5.07. The Labute approximate surface area is 180 Å². The highest BCUT2D eigenvalue weighted by molar-refractivity contribution is 5.57. The van der Waals surface area contributed by atoms with Gasteiger partial charge in [0.15, 0.2) is 5.65 Å². The molecular formula is C21H21FN8O2. The lowest BCUT2D eigenvalue weighted by molar-refractivity contribution is 0.454. The van der Waals surface area contributed by atoms with Crippen LogP contribution in [-0.4, -0.2) is 40.7 Å². The largest absolute Gasteiger partial charge is 0.493 e. The Balaban J connectivity index is 1.62. The normalized spacial score (nSPS) is 16.1. The van der Waals surface area contributed by atoms with Crippen molar-refractivity contribution in [3.63, 3.8) is 0 Å². The Kier molecular flexibility index (Phi) is 4.72. The highest BCUT2D eigenvalue weighted by Crippen LogP contribution is 2.23. The fourth-order valence-electron chi connectivity index (χ4n) is 3.41. The molecule has 3 heterocycles. The first kappa shape index (κ1) is 19.9. The fourth-order valence-corrected chi connectivity index (χ4v) is 3.41. The number of hydrogen-bond acceptors (Lipinski definition) is 7. The van der Waals surface area contributed by atoms with Crippen LogP contribution in [0.4, 0.5) is 10.3 Å². The SMILES string of the molecule is Cc1ccc(F)c([C@@H](C)Nc2nc(=NC3CC3)n3nc/c(=C/c4[nH]c(=O)[nH]c4O)c3n2)c1. The Morgan fingerprint density at radius 2 is 2.16 bits per heavy atom. The van der Waals surface area contributed by atoms with E-state index >= 15 is 0 Å². The molecule has 0 amide bonds. The van der Waals surface area contributed by atoms with Crippen LogP contribution in [0, 0.1) is 12.7 Å². The molecule has 1 fully saturated rings. The van der Waals surface area contributed by atoms with Crippen molar-refractivity contribution in [3.05, 3.63) is 68.4 Å². The van der Waals surface area contributed by atoms with Crippen LogP contribution in [0.3, 0.4) is 0 Å². The third-order valence-corrected chi connectivity index (χ3v) is 5.22. The summed E-state index contributed by atoms with van der Waals surface area (Å²) in [5, 5.41) is 17.9. The van der Waals surface area contributed by atoms with Crippen molar-refractivity contribution in [2.75, 3.05) is 5.32 Å². The third-order valence-electron chi connectivity index (χ3n) is 5.22. The van der Waals surface area contributed by atoms with Gasteiger partial charge in [0.1, 0.15) is 11.5 Å². The summed E-state index contributed by atoms with van der Waals surface area (Å²) in [4.78, 5) is 29.9. The Morgan fingerprint density at radius 1 is 1.34 bits per heavy atom. The van der Waals surface area contributed by atoms with Crippen LogP contribution < -0.4 is 21.8 Å². The van der Waals surface area contributed by atoms with Crippen molar-refractivity contribution in [2.24, 2.45) is 4.99 Å². The van der Waals surface area contributed by atoms with Gasteiger partial charge in [0.2, 0.25) is 11.8 Å². The monoisotopic (exact) mass is 436 g/mol. The van der Waals surface area contributed by atoms with E-state index < -0.39 is 11.7 Å². The quantitative estimate of drug-likeness (QED) is 0.370. The van der Waals surface area contributed by atoms with E-state index in [9.17, 15) is 14.3 Å². The van der Waals surface area contributed by atoms with Gasteiger partial charge in [-0.15, -0.1) is 0 Å². The minimum absolute atomic E-state index is 0.189. The van der Waals surface area contributed by atoms with Crippen LogP contribution in [0.2, 0.25) is 0 Å². The fraction of sp³-hybridized carbons (Fsp3) is 0.286. The summed E-state index contributed by atoms with van der Waals surface area (Å²) in [6.45, 7) is 3.73. The second-order valence-electron chi connectivity index (χ2n) is 7.92. The second kappa shape index (κ2) is 7.59. The second-order valence-corrected chi connectivity index (χ2v) is 7.92. The number of benzene rings is 1. The molecule has 11 heteroatoms. The summed E-state index contributed by atoms with van der Waals surface area (Å²) in [6, 6.07) is 4.73. The molecule has 1 aliphatic rings. The smallest absolute Gasteiger partial charge is 0.326 e. The number of aromatic amines is 2. The van der Waals surface area contributed by atoms with Gasteiger partial charge in [-0.1, -0.05) is 17.7 Å². The van der Waals surface area contributed by atoms with Gasteiger partial charge in [0.25, 0.3) is 5.62 Å². The van der Waals surface area contributed by atoms with Crippen LogP contribution in [0.25, 0.3) is 11.7 Å². The van der Waals surface area contributed by atoms with E-state index in [1.54, 1.807) is 24.4 Å². The number of aryl methyl sites for hydroxylation is 1. The van der Waals surface area contributed by atoms with E-state index in [2.05, 4.69) is 35.3 Å². The van der Waals surface area contributed by atoms with Crippen LogP contribution in [0.15, 0.2) is 34.2 Å². The van der Waals surface area contributed by atoms with E-state index in [0.717, 1.165) is 18.4 Å². The van der Waals surface area contributed by atoms with Crippen molar-refractivity contribution < 1.29 is 9.50 Å². The van der Waals surface area contributed by atoms with Crippen molar-refractivity contribution in [1.82, 2.24) is 29.5 Å². The number of aromatic hydroxyl groups is 1. The predicted octanol–water partition coefficient (Wildman–Crippen LogP) is 1.08. The average molecular weight is 436 g/mol. The molecule has 3 aromatic heterocycles. The van der Waals surface area contributed by atoms with Gasteiger partial charge in [-0.05, 0) is 38.8 Å². The third kappa shape index (κ3) is 3.84. The molecule has 5 rings (SSSR count). The maximum absolute atomic E-state index is 14.4. The molecular weight excluding hydrogens is 415 g/mol. The van der Waals surface area contributed by atoms with Gasteiger partial charge in [-0.3, -0.25) is 4.98 Å².